The number of aliphatic hydroxyl groups excluding tert-OH is 2. The summed E-state index contributed by atoms with van der Waals surface area (Å²) in [7, 11) is 0. The van der Waals surface area contributed by atoms with Crippen LogP contribution < -0.4 is 0 Å². The fraction of sp³-hybridized carbons (Fsp3) is 0.500. The fourth-order valence-corrected chi connectivity index (χ4v) is 5.17. The molecule has 1 aliphatic heterocycles. The van der Waals surface area contributed by atoms with Crippen LogP contribution in [0.1, 0.15) is 26.2 Å². The van der Waals surface area contributed by atoms with Gasteiger partial charge in [0.05, 0.1) is 11.2 Å². The molecule has 0 saturated heterocycles. The number of alkyl halides is 1. The van der Waals surface area contributed by atoms with Gasteiger partial charge in [0.15, 0.2) is 0 Å². The van der Waals surface area contributed by atoms with Crippen LogP contribution in [0.25, 0.3) is 0 Å². The van der Waals surface area contributed by atoms with Gasteiger partial charge in [-0.15, -0.1) is 0 Å². The van der Waals surface area contributed by atoms with Gasteiger partial charge in [-0.2, -0.15) is 0 Å². The van der Waals surface area contributed by atoms with Crippen molar-refractivity contribution in [1.82, 2.24) is 4.90 Å². The number of hydrogen-bond acceptors (Lipinski definition) is 6. The number of rotatable bonds is 11. The molecule has 2 atom stereocenters. The van der Waals surface area contributed by atoms with E-state index in [1.165, 1.54) is 6.08 Å². The average Bonchev–Trinajstić information content (AvgIpc) is 2.73. The Morgan fingerprint density at radius 1 is 1.40 bits per heavy atom. The summed E-state index contributed by atoms with van der Waals surface area (Å²) < 4.78 is 21.5. The van der Waals surface area contributed by atoms with Crippen molar-refractivity contribution in [3.8, 4) is 0 Å². The van der Waals surface area contributed by atoms with E-state index in [0.29, 0.717) is 49.1 Å². The fourth-order valence-electron chi connectivity index (χ4n) is 3.54. The van der Waals surface area contributed by atoms with Crippen LogP contribution in [0.15, 0.2) is 46.9 Å². The van der Waals surface area contributed by atoms with Gasteiger partial charge < -0.3 is 19.8 Å². The van der Waals surface area contributed by atoms with E-state index in [-0.39, 0.29) is 35.0 Å². The zero-order valence-corrected chi connectivity index (χ0v) is 19.3. The van der Waals surface area contributed by atoms with Gasteiger partial charge in [-0.3, -0.25) is 10.2 Å². The Labute approximate surface area is 187 Å². The van der Waals surface area contributed by atoms with E-state index in [0.717, 1.165) is 12.8 Å². The predicted octanol–water partition coefficient (Wildman–Crippen LogP) is 3.03. The van der Waals surface area contributed by atoms with Crippen molar-refractivity contribution >= 4 is 36.9 Å². The third-order valence-electron chi connectivity index (χ3n) is 5.08. The number of aldehydes is 1. The molecule has 8 heteroatoms. The Morgan fingerprint density at radius 3 is 2.83 bits per heavy atom. The van der Waals surface area contributed by atoms with Crippen molar-refractivity contribution in [3.63, 3.8) is 0 Å². The van der Waals surface area contributed by atoms with E-state index in [2.05, 4.69) is 4.90 Å². The molecule has 0 aromatic rings. The zero-order valence-electron chi connectivity index (χ0n) is 17.2. The first-order chi connectivity index (χ1) is 14.5. The van der Waals surface area contributed by atoms with E-state index in [1.807, 2.05) is 17.0 Å². The minimum atomic E-state index is -0.607. The maximum atomic E-state index is 13.7. The highest BCUT2D eigenvalue weighted by Crippen LogP contribution is 2.32. The van der Waals surface area contributed by atoms with E-state index < -0.39 is 20.7 Å². The van der Waals surface area contributed by atoms with Crippen molar-refractivity contribution in [2.75, 3.05) is 30.9 Å². The smallest absolute Gasteiger partial charge is 0.206 e. The molecule has 1 heterocycles. The van der Waals surface area contributed by atoms with Crippen LogP contribution in [-0.4, -0.2) is 68.3 Å². The molecule has 0 fully saturated rings. The lowest BCUT2D eigenvalue weighted by Gasteiger charge is -2.33. The van der Waals surface area contributed by atoms with Crippen LogP contribution in [-0.2, 0) is 9.53 Å². The normalized spacial score (nSPS) is 22.9. The Kier molecular flexibility index (Phi) is 10.8. The summed E-state index contributed by atoms with van der Waals surface area (Å²) in [5.74, 6) is -0.459. The number of nitrogens with zero attached hydrogens (tertiary/aromatic N) is 1. The third kappa shape index (κ3) is 7.33. The summed E-state index contributed by atoms with van der Waals surface area (Å²) in [5, 5.41) is 26.7. The number of carbonyl (C=O) groups excluding carboxylic acids is 1. The van der Waals surface area contributed by atoms with Gasteiger partial charge in [0.2, 0.25) is 5.90 Å². The maximum Gasteiger partial charge on any atom is 0.206 e. The van der Waals surface area contributed by atoms with Crippen LogP contribution in [0, 0.1) is 11.3 Å². The van der Waals surface area contributed by atoms with Crippen molar-refractivity contribution < 1.29 is 24.1 Å². The lowest BCUT2D eigenvalue weighted by atomic mass is 9.85. The summed E-state index contributed by atoms with van der Waals surface area (Å²) in [6.07, 6.45) is 8.51. The molecule has 6 nitrogen and oxygen atoms in total. The van der Waals surface area contributed by atoms with Crippen molar-refractivity contribution in [2.45, 2.75) is 32.3 Å². The number of carbonyl (C=O) groups is 1. The predicted molar refractivity (Wildman–Crippen MR) is 126 cm³/mol. The first kappa shape index (κ1) is 24.8. The number of halogens is 2. The SMILES string of the molecule is CCN(CCO)CC[C@H]1OC(=N)C=C(C(C=O)=CC2=CCCC(F)=C2)C1C=ICO. The first-order valence-corrected chi connectivity index (χ1v) is 12.8. The zero-order chi connectivity index (χ0) is 21.9. The Balaban J connectivity index is 2.32. The van der Waals surface area contributed by atoms with Gasteiger partial charge in [-0.1, -0.05) is 33.7 Å². The van der Waals surface area contributed by atoms with E-state index in [4.69, 9.17) is 10.1 Å². The molecule has 2 aliphatic rings. The molecule has 166 valence electrons. The summed E-state index contributed by atoms with van der Waals surface area (Å²) in [5.41, 5.74) is 1.72. The Bertz CT molecular complexity index is 773. The second kappa shape index (κ2) is 13.0. The van der Waals surface area contributed by atoms with Gasteiger partial charge in [0.1, 0.15) is 18.2 Å². The molecular weight excluding hydrogens is 502 g/mol. The molecule has 0 aromatic carbocycles. The molecule has 1 aliphatic carbocycles. The molecule has 0 radical (unpaired) electrons. The molecule has 30 heavy (non-hydrogen) atoms. The van der Waals surface area contributed by atoms with Gasteiger partial charge in [0.25, 0.3) is 0 Å². The summed E-state index contributed by atoms with van der Waals surface area (Å²) in [6.45, 7) is 4.12. The average molecular weight is 532 g/mol. The second-order valence-corrected chi connectivity index (χ2v) is 9.33. The highest BCUT2D eigenvalue weighted by atomic mass is 127. The van der Waals surface area contributed by atoms with Gasteiger partial charge in [-0.25, -0.2) is 4.39 Å². The molecule has 0 amide bonds. The standard InChI is InChI=1S/C22H30FIN2O4/c1-2-26(8-9-27)7-6-21-20(13-24-15-29)19(12-22(25)30-21)17(14-28)10-16-4-3-5-18(23)11-16/h4,10-14,20-21,25,27,29H,2-3,5-9,15H2,1H3/t20?,21-/m1/s1. The molecular formula is C22H30FIN2O4. The number of hydrogen-bond donors (Lipinski definition) is 3. The highest BCUT2D eigenvalue weighted by Gasteiger charge is 2.32. The molecule has 0 bridgehead atoms. The van der Waals surface area contributed by atoms with Crippen molar-refractivity contribution in [1.29, 1.82) is 5.41 Å². The van der Waals surface area contributed by atoms with Crippen LogP contribution >= 0.6 is 20.7 Å². The topological polar surface area (TPSA) is 93.9 Å². The number of likely N-dealkylation sites (N-methyl/N-ethyl adjacent to an activating group) is 1. The summed E-state index contributed by atoms with van der Waals surface area (Å²) in [4.78, 5) is 14.0. The molecule has 1 unspecified atom stereocenters. The lowest BCUT2D eigenvalue weighted by Crippen LogP contribution is -2.38. The minimum Gasteiger partial charge on any atom is -0.474 e. The minimum absolute atomic E-state index is 0.0147. The number of allylic oxidation sites excluding steroid dienone is 6. The van der Waals surface area contributed by atoms with Crippen LogP contribution in [0.3, 0.4) is 0 Å². The number of aliphatic hydroxyl groups is 2. The van der Waals surface area contributed by atoms with Crippen LogP contribution in [0.4, 0.5) is 4.39 Å². The quantitative estimate of drug-likeness (QED) is 0.165. The van der Waals surface area contributed by atoms with Gasteiger partial charge >= 0.3 is 0 Å². The van der Waals surface area contributed by atoms with E-state index >= 15 is 0 Å². The molecule has 0 spiro atoms. The Morgan fingerprint density at radius 2 is 2.20 bits per heavy atom. The van der Waals surface area contributed by atoms with Gasteiger partial charge in [-0.05, 0) is 46.7 Å². The highest BCUT2D eigenvalue weighted by molar-refractivity contribution is 14.2. The molecule has 0 aromatic heterocycles. The largest absolute Gasteiger partial charge is 0.474 e. The Hall–Kier alpha value is -1.49. The van der Waals surface area contributed by atoms with Crippen LogP contribution in [0.5, 0.6) is 0 Å². The summed E-state index contributed by atoms with van der Waals surface area (Å²) in [6, 6.07) is 0. The van der Waals surface area contributed by atoms with Crippen LogP contribution in [0.2, 0.25) is 0 Å². The molecule has 2 rings (SSSR count). The third-order valence-corrected chi connectivity index (χ3v) is 6.76. The van der Waals surface area contributed by atoms with Crippen molar-refractivity contribution in [2.24, 2.45) is 5.92 Å². The number of ether oxygens (including phenoxy) is 1. The first-order valence-electron chi connectivity index (χ1n) is 10.1. The second-order valence-electron chi connectivity index (χ2n) is 7.04. The van der Waals surface area contributed by atoms with E-state index in [1.54, 1.807) is 12.2 Å². The number of nitrogens with one attached hydrogen (secondary N) is 1. The lowest BCUT2D eigenvalue weighted by molar-refractivity contribution is -0.104. The maximum absolute atomic E-state index is 13.7. The van der Waals surface area contributed by atoms with Crippen molar-refractivity contribution in [3.05, 3.63) is 46.9 Å². The van der Waals surface area contributed by atoms with Gasteiger partial charge in [0, 0.05) is 37.1 Å². The molecule has 3 N–H and O–H groups in total. The monoisotopic (exact) mass is 532 g/mol. The summed E-state index contributed by atoms with van der Waals surface area (Å²) >= 11 is -0.607. The van der Waals surface area contributed by atoms with E-state index in [9.17, 15) is 19.4 Å². The molecule has 0 saturated carbocycles.